The Kier molecular flexibility index (Phi) is 4.43. The maximum atomic E-state index is 10.9. The van der Waals surface area contributed by atoms with Crippen LogP contribution in [0.2, 0.25) is 0 Å². The fourth-order valence-corrected chi connectivity index (χ4v) is 2.84. The molecule has 4 N–H and O–H groups in total. The number of carbonyl (C=O) groups is 1. The Labute approximate surface area is 113 Å². The number of benzene rings is 1. The molecule has 0 radical (unpaired) electrons. The van der Waals surface area contributed by atoms with E-state index in [1.807, 2.05) is 6.07 Å². The van der Waals surface area contributed by atoms with Crippen molar-refractivity contribution in [2.24, 2.45) is 0 Å². The minimum Gasteiger partial charge on any atom is -0.479 e. The predicted octanol–water partition coefficient (Wildman–Crippen LogP) is -0.329. The number of aliphatic carboxylic acids is 1. The molecule has 19 heavy (non-hydrogen) atoms. The Morgan fingerprint density at radius 1 is 1.05 bits per heavy atom. The summed E-state index contributed by atoms with van der Waals surface area (Å²) in [6, 6.07) is 8.94. The van der Waals surface area contributed by atoms with Gasteiger partial charge >= 0.3 is 5.97 Å². The van der Waals surface area contributed by atoms with Gasteiger partial charge in [0, 0.05) is 4.90 Å². The summed E-state index contributed by atoms with van der Waals surface area (Å²) < 4.78 is 5.15. The van der Waals surface area contributed by atoms with Crippen LogP contribution in [0.3, 0.4) is 0 Å². The number of hydrogen-bond donors (Lipinski definition) is 4. The lowest BCUT2D eigenvalue weighted by Crippen LogP contribution is -2.58. The average Bonchev–Trinajstić information content (AvgIpc) is 2.40. The van der Waals surface area contributed by atoms with Gasteiger partial charge in [-0.05, 0) is 12.1 Å². The van der Waals surface area contributed by atoms with Crippen molar-refractivity contribution in [1.29, 1.82) is 0 Å². The number of aliphatic hydroxyl groups is 3. The minimum atomic E-state index is -1.65. The molecule has 1 aromatic carbocycles. The lowest BCUT2D eigenvalue weighted by atomic mass is 10.0. The lowest BCUT2D eigenvalue weighted by Gasteiger charge is -2.38. The van der Waals surface area contributed by atoms with E-state index >= 15 is 0 Å². The number of aliphatic hydroxyl groups excluding tert-OH is 3. The SMILES string of the molecule is O=C(O)C1OC(Sc2ccccc2)C(O)C(O)C1O. The topological polar surface area (TPSA) is 107 Å². The standard InChI is InChI=1S/C12H14O6S/c13-7-8(14)10(11(16)17)18-12(9(7)15)19-6-4-2-1-3-5-6/h1-5,7-10,12-15H,(H,16,17). The predicted molar refractivity (Wildman–Crippen MR) is 66.6 cm³/mol. The normalized spacial score (nSPS) is 35.0. The molecule has 2 rings (SSSR count). The summed E-state index contributed by atoms with van der Waals surface area (Å²) in [5, 5.41) is 37.9. The Morgan fingerprint density at radius 2 is 1.68 bits per heavy atom. The van der Waals surface area contributed by atoms with Crippen LogP contribution in [-0.4, -0.2) is 56.2 Å². The zero-order valence-corrected chi connectivity index (χ0v) is 10.6. The molecule has 0 aromatic heterocycles. The van der Waals surface area contributed by atoms with Gasteiger partial charge in [-0.15, -0.1) is 0 Å². The van der Waals surface area contributed by atoms with Crippen LogP contribution in [0.1, 0.15) is 0 Å². The van der Waals surface area contributed by atoms with E-state index in [0.29, 0.717) is 0 Å². The van der Waals surface area contributed by atoms with Crippen molar-refractivity contribution < 1.29 is 30.0 Å². The number of hydrogen-bond acceptors (Lipinski definition) is 6. The second kappa shape index (κ2) is 5.89. The smallest absolute Gasteiger partial charge is 0.335 e. The summed E-state index contributed by atoms with van der Waals surface area (Å²) in [7, 11) is 0. The van der Waals surface area contributed by atoms with Crippen LogP contribution in [0.5, 0.6) is 0 Å². The highest BCUT2D eigenvalue weighted by Gasteiger charge is 2.47. The second-order valence-electron chi connectivity index (χ2n) is 4.17. The molecule has 0 saturated carbocycles. The molecule has 1 aliphatic heterocycles. The van der Waals surface area contributed by atoms with Gasteiger partial charge < -0.3 is 25.2 Å². The zero-order chi connectivity index (χ0) is 14.0. The third-order valence-corrected chi connectivity index (χ3v) is 3.98. The Balaban J connectivity index is 2.13. The highest BCUT2D eigenvalue weighted by molar-refractivity contribution is 7.99. The van der Waals surface area contributed by atoms with Crippen LogP contribution in [0, 0.1) is 0 Å². The molecule has 104 valence electrons. The van der Waals surface area contributed by atoms with E-state index in [9.17, 15) is 20.1 Å². The number of thioether (sulfide) groups is 1. The van der Waals surface area contributed by atoms with Crippen molar-refractivity contribution >= 4 is 17.7 Å². The second-order valence-corrected chi connectivity index (χ2v) is 5.34. The third kappa shape index (κ3) is 3.07. The van der Waals surface area contributed by atoms with Gasteiger partial charge in [0.25, 0.3) is 0 Å². The van der Waals surface area contributed by atoms with Gasteiger partial charge in [0.2, 0.25) is 0 Å². The van der Waals surface area contributed by atoms with Crippen molar-refractivity contribution in [2.75, 3.05) is 0 Å². The van der Waals surface area contributed by atoms with Crippen molar-refractivity contribution in [2.45, 2.75) is 34.7 Å². The van der Waals surface area contributed by atoms with E-state index in [0.717, 1.165) is 16.7 Å². The van der Waals surface area contributed by atoms with Crippen molar-refractivity contribution in [3.8, 4) is 0 Å². The van der Waals surface area contributed by atoms with Crippen molar-refractivity contribution in [3.63, 3.8) is 0 Å². The summed E-state index contributed by atoms with van der Waals surface area (Å²) in [5.74, 6) is -1.38. The number of ether oxygens (including phenoxy) is 1. The lowest BCUT2D eigenvalue weighted by molar-refractivity contribution is -0.209. The molecular formula is C12H14O6S. The van der Waals surface area contributed by atoms with Crippen LogP contribution in [0.25, 0.3) is 0 Å². The van der Waals surface area contributed by atoms with E-state index in [-0.39, 0.29) is 0 Å². The average molecular weight is 286 g/mol. The maximum Gasteiger partial charge on any atom is 0.335 e. The highest BCUT2D eigenvalue weighted by atomic mass is 32.2. The highest BCUT2D eigenvalue weighted by Crippen LogP contribution is 2.33. The first kappa shape index (κ1) is 14.3. The minimum absolute atomic E-state index is 0.763. The number of carboxylic acid groups (broad SMARTS) is 1. The van der Waals surface area contributed by atoms with Crippen LogP contribution in [0.4, 0.5) is 0 Å². The molecule has 1 heterocycles. The fourth-order valence-electron chi connectivity index (χ4n) is 1.78. The summed E-state index contributed by atoms with van der Waals surface area (Å²) in [6.07, 6.45) is -6.13. The summed E-state index contributed by atoms with van der Waals surface area (Å²) in [5.41, 5.74) is -0.957. The van der Waals surface area contributed by atoms with Gasteiger partial charge in [-0.1, -0.05) is 30.0 Å². The van der Waals surface area contributed by atoms with E-state index in [1.165, 1.54) is 0 Å². The molecule has 5 atom stereocenters. The number of carboxylic acids is 1. The Morgan fingerprint density at radius 3 is 2.26 bits per heavy atom. The number of rotatable bonds is 3. The van der Waals surface area contributed by atoms with Crippen molar-refractivity contribution in [1.82, 2.24) is 0 Å². The van der Waals surface area contributed by atoms with E-state index < -0.39 is 35.8 Å². The molecular weight excluding hydrogens is 272 g/mol. The quantitative estimate of drug-likeness (QED) is 0.602. The van der Waals surface area contributed by atoms with Gasteiger partial charge in [0.05, 0.1) is 0 Å². The van der Waals surface area contributed by atoms with E-state index in [1.54, 1.807) is 24.3 Å². The van der Waals surface area contributed by atoms with Gasteiger partial charge in [-0.25, -0.2) is 4.79 Å². The molecule has 7 heteroatoms. The van der Waals surface area contributed by atoms with Crippen LogP contribution in [0.15, 0.2) is 35.2 Å². The summed E-state index contributed by atoms with van der Waals surface area (Å²) in [4.78, 5) is 11.7. The molecule has 0 amide bonds. The van der Waals surface area contributed by atoms with Crippen LogP contribution < -0.4 is 0 Å². The Hall–Kier alpha value is -1.12. The molecule has 6 nitrogen and oxygen atoms in total. The van der Waals surface area contributed by atoms with Crippen LogP contribution in [-0.2, 0) is 9.53 Å². The molecule has 0 bridgehead atoms. The largest absolute Gasteiger partial charge is 0.479 e. The van der Waals surface area contributed by atoms with Gasteiger partial charge in [0.15, 0.2) is 6.10 Å². The Bertz CT molecular complexity index is 439. The third-order valence-electron chi connectivity index (χ3n) is 2.81. The molecule has 0 spiro atoms. The molecule has 1 saturated heterocycles. The van der Waals surface area contributed by atoms with Crippen molar-refractivity contribution in [3.05, 3.63) is 30.3 Å². The molecule has 1 aliphatic rings. The summed E-state index contributed by atoms with van der Waals surface area (Å²) in [6.45, 7) is 0. The summed E-state index contributed by atoms with van der Waals surface area (Å²) >= 11 is 1.09. The van der Waals surface area contributed by atoms with Gasteiger partial charge in [-0.2, -0.15) is 0 Å². The van der Waals surface area contributed by atoms with Gasteiger partial charge in [-0.3, -0.25) is 0 Å². The van der Waals surface area contributed by atoms with Crippen LogP contribution >= 0.6 is 11.8 Å². The van der Waals surface area contributed by atoms with E-state index in [4.69, 9.17) is 9.84 Å². The first-order chi connectivity index (χ1) is 9.00. The monoisotopic (exact) mass is 286 g/mol. The maximum absolute atomic E-state index is 10.9. The zero-order valence-electron chi connectivity index (χ0n) is 9.79. The van der Waals surface area contributed by atoms with Gasteiger partial charge in [0.1, 0.15) is 23.7 Å². The molecule has 0 aliphatic carbocycles. The van der Waals surface area contributed by atoms with E-state index in [2.05, 4.69) is 0 Å². The molecule has 1 aromatic rings. The first-order valence-electron chi connectivity index (χ1n) is 5.65. The molecule has 5 unspecified atom stereocenters. The first-order valence-corrected chi connectivity index (χ1v) is 6.53. The fraction of sp³-hybridized carbons (Fsp3) is 0.417. The molecule has 1 fully saturated rings.